The molecule has 2 aromatic carbocycles. The van der Waals surface area contributed by atoms with Gasteiger partial charge in [-0.1, -0.05) is 68.6 Å². The van der Waals surface area contributed by atoms with Crippen molar-refractivity contribution in [3.63, 3.8) is 0 Å². The summed E-state index contributed by atoms with van der Waals surface area (Å²) in [5.74, 6) is 0.0871. The van der Waals surface area contributed by atoms with Crippen LogP contribution in [0.4, 0.5) is 11.4 Å². The molecule has 1 amide bonds. The topological polar surface area (TPSA) is 61.4 Å². The van der Waals surface area contributed by atoms with Crippen LogP contribution in [-0.2, 0) is 9.59 Å². The number of Topliss-reactive ketones (excluding diaryl/α,β-unsaturated/α-hetero) is 1. The highest BCUT2D eigenvalue weighted by Gasteiger charge is 2.42. The average molecular weight is 478 g/mol. The van der Waals surface area contributed by atoms with E-state index in [1.54, 1.807) is 0 Å². The van der Waals surface area contributed by atoms with Crippen LogP contribution in [0, 0.1) is 5.41 Å². The second-order valence-electron chi connectivity index (χ2n) is 10.6. The Kier molecular flexibility index (Phi) is 6.15. The fourth-order valence-corrected chi connectivity index (χ4v) is 5.98. The molecule has 1 saturated carbocycles. The first-order chi connectivity index (χ1) is 16.3. The molecule has 178 valence electrons. The van der Waals surface area contributed by atoms with Gasteiger partial charge in [-0.25, -0.2) is 0 Å². The molecule has 1 aliphatic heterocycles. The Balaban J connectivity index is 1.64. The van der Waals surface area contributed by atoms with Gasteiger partial charge in [-0.15, -0.1) is 0 Å². The van der Waals surface area contributed by atoms with Crippen LogP contribution in [0.25, 0.3) is 0 Å². The summed E-state index contributed by atoms with van der Waals surface area (Å²) in [6.07, 6.45) is 5.59. The maximum Gasteiger partial charge on any atom is 0.239 e. The lowest BCUT2D eigenvalue weighted by Gasteiger charge is -2.38. The molecular formula is C28H32ClN3O2. The summed E-state index contributed by atoms with van der Waals surface area (Å²) in [6.45, 7) is 4.41. The number of nitrogens with zero attached hydrogens (tertiary/aromatic N) is 1. The maximum atomic E-state index is 13.7. The molecule has 0 radical (unpaired) electrons. The molecule has 6 heteroatoms. The van der Waals surface area contributed by atoms with E-state index in [9.17, 15) is 9.59 Å². The Morgan fingerprint density at radius 3 is 2.56 bits per heavy atom. The Labute approximate surface area is 206 Å². The predicted octanol–water partition coefficient (Wildman–Crippen LogP) is 6.02. The number of rotatable bonds is 4. The average Bonchev–Trinajstić information content (AvgIpc) is 3.24. The zero-order chi connectivity index (χ0) is 23.9. The number of fused-ring (bicyclic) bond motifs is 1. The van der Waals surface area contributed by atoms with Crippen molar-refractivity contribution >= 4 is 34.7 Å². The molecule has 1 unspecified atom stereocenters. The van der Waals surface area contributed by atoms with Gasteiger partial charge >= 0.3 is 0 Å². The van der Waals surface area contributed by atoms with Crippen molar-refractivity contribution in [1.82, 2.24) is 5.32 Å². The molecule has 0 saturated heterocycles. The van der Waals surface area contributed by atoms with E-state index in [-0.39, 0.29) is 29.7 Å². The Morgan fingerprint density at radius 1 is 1.09 bits per heavy atom. The first-order valence-electron chi connectivity index (χ1n) is 12.3. The molecule has 2 N–H and O–H groups in total. The van der Waals surface area contributed by atoms with Crippen LogP contribution < -0.4 is 15.5 Å². The van der Waals surface area contributed by atoms with Crippen molar-refractivity contribution in [3.8, 4) is 0 Å². The van der Waals surface area contributed by atoms with E-state index in [2.05, 4.69) is 29.4 Å². The van der Waals surface area contributed by atoms with Crippen LogP contribution >= 0.6 is 11.6 Å². The Hall–Kier alpha value is -2.79. The Morgan fingerprint density at radius 2 is 1.79 bits per heavy atom. The van der Waals surface area contributed by atoms with Gasteiger partial charge in [0.05, 0.1) is 24.0 Å². The summed E-state index contributed by atoms with van der Waals surface area (Å²) >= 11 is 6.73. The van der Waals surface area contributed by atoms with Crippen LogP contribution in [0.1, 0.15) is 64.0 Å². The van der Waals surface area contributed by atoms with Crippen LogP contribution in [-0.4, -0.2) is 24.3 Å². The SMILES string of the molecule is CC1(C)CC(=O)C2=C(C1)Nc1ccccc1N(CC(=O)NC1CCCC1)C2c1ccccc1Cl. The number of amides is 1. The highest BCUT2D eigenvalue weighted by molar-refractivity contribution is 6.31. The fourth-order valence-electron chi connectivity index (χ4n) is 5.75. The number of anilines is 2. The maximum absolute atomic E-state index is 13.7. The minimum atomic E-state index is -0.447. The molecule has 5 nitrogen and oxygen atoms in total. The van der Waals surface area contributed by atoms with Crippen LogP contribution in [0.15, 0.2) is 59.8 Å². The fraction of sp³-hybridized carbons (Fsp3) is 0.429. The van der Waals surface area contributed by atoms with Crippen LogP contribution in [0.2, 0.25) is 5.02 Å². The summed E-state index contributed by atoms with van der Waals surface area (Å²) in [5, 5.41) is 7.41. The number of nitrogens with one attached hydrogen (secondary N) is 2. The lowest BCUT2D eigenvalue weighted by atomic mass is 9.73. The molecular weight excluding hydrogens is 446 g/mol. The number of benzene rings is 2. The zero-order valence-electron chi connectivity index (χ0n) is 19.9. The smallest absolute Gasteiger partial charge is 0.239 e. The number of hydrogen-bond donors (Lipinski definition) is 2. The minimum absolute atomic E-state index is 0.0219. The summed E-state index contributed by atoms with van der Waals surface area (Å²) in [6, 6.07) is 15.4. The number of allylic oxidation sites excluding steroid dienone is 1. The molecule has 0 bridgehead atoms. The van der Waals surface area contributed by atoms with Gasteiger partial charge in [0, 0.05) is 28.8 Å². The highest BCUT2D eigenvalue weighted by Crippen LogP contribution is 2.49. The van der Waals surface area contributed by atoms with E-state index < -0.39 is 6.04 Å². The Bertz CT molecular complexity index is 1150. The number of hydrogen-bond acceptors (Lipinski definition) is 4. The first-order valence-corrected chi connectivity index (χ1v) is 12.6. The molecule has 1 heterocycles. The van der Waals surface area contributed by atoms with Gasteiger partial charge in [0.1, 0.15) is 0 Å². The minimum Gasteiger partial charge on any atom is -0.357 e. The lowest BCUT2D eigenvalue weighted by Crippen LogP contribution is -2.44. The third-order valence-corrected chi connectivity index (χ3v) is 7.58. The molecule has 1 fully saturated rings. The number of ketones is 1. The number of carbonyl (C=O) groups excluding carboxylic acids is 2. The van der Waals surface area contributed by atoms with E-state index in [0.717, 1.165) is 60.3 Å². The summed E-state index contributed by atoms with van der Waals surface area (Å²) in [7, 11) is 0. The monoisotopic (exact) mass is 477 g/mol. The summed E-state index contributed by atoms with van der Waals surface area (Å²) < 4.78 is 0. The molecule has 34 heavy (non-hydrogen) atoms. The molecule has 0 aromatic heterocycles. The van der Waals surface area contributed by atoms with Gasteiger partial charge in [0.15, 0.2) is 5.78 Å². The lowest BCUT2D eigenvalue weighted by molar-refractivity contribution is -0.121. The summed E-state index contributed by atoms with van der Waals surface area (Å²) in [4.78, 5) is 29.0. The summed E-state index contributed by atoms with van der Waals surface area (Å²) in [5.41, 5.74) is 4.15. The van der Waals surface area contributed by atoms with E-state index >= 15 is 0 Å². The van der Waals surface area contributed by atoms with E-state index in [4.69, 9.17) is 11.6 Å². The van der Waals surface area contributed by atoms with Gasteiger partial charge in [-0.3, -0.25) is 9.59 Å². The normalized spacial score (nSPS) is 22.0. The quantitative estimate of drug-likeness (QED) is 0.565. The van der Waals surface area contributed by atoms with Gasteiger partial charge in [0.2, 0.25) is 5.91 Å². The third kappa shape index (κ3) is 4.46. The second kappa shape index (κ2) is 9.10. The van der Waals surface area contributed by atoms with E-state index in [1.807, 2.05) is 48.5 Å². The van der Waals surface area contributed by atoms with Crippen molar-refractivity contribution in [3.05, 3.63) is 70.4 Å². The molecule has 2 aromatic rings. The van der Waals surface area contributed by atoms with Gasteiger partial charge in [-0.05, 0) is 48.4 Å². The number of carbonyl (C=O) groups is 2. The zero-order valence-corrected chi connectivity index (χ0v) is 20.6. The molecule has 5 rings (SSSR count). The molecule has 1 atom stereocenters. The number of halogens is 1. The van der Waals surface area contributed by atoms with Crippen LogP contribution in [0.5, 0.6) is 0 Å². The predicted molar refractivity (Wildman–Crippen MR) is 137 cm³/mol. The van der Waals surface area contributed by atoms with Crippen molar-refractivity contribution in [2.24, 2.45) is 5.41 Å². The van der Waals surface area contributed by atoms with Crippen molar-refractivity contribution < 1.29 is 9.59 Å². The third-order valence-electron chi connectivity index (χ3n) is 7.24. The molecule has 2 aliphatic carbocycles. The van der Waals surface area contributed by atoms with E-state index in [0.29, 0.717) is 11.4 Å². The molecule has 0 spiro atoms. The van der Waals surface area contributed by atoms with Gasteiger partial charge in [-0.2, -0.15) is 0 Å². The molecule has 3 aliphatic rings. The largest absolute Gasteiger partial charge is 0.357 e. The highest BCUT2D eigenvalue weighted by atomic mass is 35.5. The van der Waals surface area contributed by atoms with E-state index in [1.165, 1.54) is 0 Å². The second-order valence-corrected chi connectivity index (χ2v) is 11.0. The van der Waals surface area contributed by atoms with Gasteiger partial charge in [0.25, 0.3) is 0 Å². The van der Waals surface area contributed by atoms with Gasteiger partial charge < -0.3 is 15.5 Å². The van der Waals surface area contributed by atoms with Crippen LogP contribution in [0.3, 0.4) is 0 Å². The number of para-hydroxylation sites is 2. The van der Waals surface area contributed by atoms with Crippen molar-refractivity contribution in [2.75, 3.05) is 16.8 Å². The standard InChI is InChI=1S/C28H32ClN3O2/c1-28(2)15-22-26(24(33)16-28)27(19-11-5-6-12-20(19)29)32(23-14-8-7-13-21(23)31-22)17-25(34)30-18-9-3-4-10-18/h5-8,11-14,18,27,31H,3-4,9-10,15-17H2,1-2H3,(H,30,34). The van der Waals surface area contributed by atoms with Crippen molar-refractivity contribution in [2.45, 2.75) is 64.5 Å². The van der Waals surface area contributed by atoms with Crippen molar-refractivity contribution in [1.29, 1.82) is 0 Å². The first kappa shape index (κ1) is 23.0.